The molecule has 1 rings (SSSR count). The summed E-state index contributed by atoms with van der Waals surface area (Å²) in [6.45, 7) is -2.84. The van der Waals surface area contributed by atoms with E-state index in [1.165, 1.54) is 0 Å². The summed E-state index contributed by atoms with van der Waals surface area (Å²) in [5, 5.41) is 0. The van der Waals surface area contributed by atoms with Crippen molar-refractivity contribution in [2.75, 3.05) is 6.61 Å². The molecule has 1 aliphatic carbocycles. The summed E-state index contributed by atoms with van der Waals surface area (Å²) in [5.74, 6) is -37.0. The SMILES string of the molecule is O=C(CCCC1CCCCC1)OCC(F)(F)C(F)(F)C(F)(F)C(F)(F)C(F)(F)C(F)F. The number of carbonyl (C=O) groups is 1. The molecule has 1 fully saturated rings. The summed E-state index contributed by atoms with van der Waals surface area (Å²) in [7, 11) is 0. The van der Waals surface area contributed by atoms with Crippen molar-refractivity contribution in [1.82, 2.24) is 0 Å². The number of ether oxygens (including phenoxy) is 1. The zero-order valence-corrected chi connectivity index (χ0v) is 15.9. The molecule has 0 saturated heterocycles. The minimum absolute atomic E-state index is 0.0975. The minimum Gasteiger partial charge on any atom is -0.459 e. The van der Waals surface area contributed by atoms with Crippen LogP contribution in [0.15, 0.2) is 0 Å². The van der Waals surface area contributed by atoms with Crippen molar-refractivity contribution in [3.8, 4) is 0 Å². The lowest BCUT2D eigenvalue weighted by Gasteiger charge is -2.38. The molecule has 0 unspecified atom stereocenters. The van der Waals surface area contributed by atoms with Gasteiger partial charge in [-0.15, -0.1) is 0 Å². The van der Waals surface area contributed by atoms with Crippen LogP contribution in [0.2, 0.25) is 0 Å². The van der Waals surface area contributed by atoms with Crippen molar-refractivity contribution in [2.24, 2.45) is 5.92 Å². The Labute approximate surface area is 169 Å². The second kappa shape index (κ2) is 9.63. The van der Waals surface area contributed by atoms with E-state index in [9.17, 15) is 57.5 Å². The Balaban J connectivity index is 2.77. The van der Waals surface area contributed by atoms with Crippen molar-refractivity contribution in [1.29, 1.82) is 0 Å². The van der Waals surface area contributed by atoms with Crippen LogP contribution in [0.25, 0.3) is 0 Å². The molecule has 184 valence electrons. The van der Waals surface area contributed by atoms with Crippen molar-refractivity contribution >= 4 is 5.97 Å². The van der Waals surface area contributed by atoms with Crippen LogP contribution in [0.5, 0.6) is 0 Å². The Kier molecular flexibility index (Phi) is 8.60. The third kappa shape index (κ3) is 5.52. The Hall–Kier alpha value is -1.37. The molecular formula is C17H20F12O2. The van der Waals surface area contributed by atoms with Crippen LogP contribution in [-0.2, 0) is 9.53 Å². The number of carbonyl (C=O) groups excluding carboxylic acids is 1. The van der Waals surface area contributed by atoms with Crippen LogP contribution in [0.1, 0.15) is 51.4 Å². The van der Waals surface area contributed by atoms with Gasteiger partial charge in [0.25, 0.3) is 0 Å². The van der Waals surface area contributed by atoms with Gasteiger partial charge in [0.2, 0.25) is 0 Å². The number of esters is 1. The molecule has 0 spiro atoms. The van der Waals surface area contributed by atoms with E-state index in [-0.39, 0.29) is 12.3 Å². The van der Waals surface area contributed by atoms with Crippen LogP contribution in [-0.4, -0.2) is 48.6 Å². The topological polar surface area (TPSA) is 26.3 Å². The van der Waals surface area contributed by atoms with Crippen molar-refractivity contribution in [3.05, 3.63) is 0 Å². The van der Waals surface area contributed by atoms with Gasteiger partial charge in [-0.25, -0.2) is 8.78 Å². The monoisotopic (exact) mass is 484 g/mol. The normalized spacial score (nSPS) is 17.8. The standard InChI is InChI=1S/C17H20F12O2/c18-12(19)14(22,23)16(26,27)17(28,29)15(24,25)13(20,21)9-31-11(30)8-4-7-10-5-2-1-3-6-10/h10,12H,1-9H2. The highest BCUT2D eigenvalue weighted by Gasteiger charge is 2.87. The Morgan fingerprint density at radius 2 is 1.32 bits per heavy atom. The maximum atomic E-state index is 13.5. The smallest absolute Gasteiger partial charge is 0.384 e. The van der Waals surface area contributed by atoms with Gasteiger partial charge >= 0.3 is 42.0 Å². The number of rotatable bonds is 11. The molecule has 0 radical (unpaired) electrons. The second-order valence-corrected chi connectivity index (χ2v) is 7.41. The average molecular weight is 484 g/mol. The fourth-order valence-electron chi connectivity index (χ4n) is 3.12. The van der Waals surface area contributed by atoms with Crippen LogP contribution in [0.3, 0.4) is 0 Å². The van der Waals surface area contributed by atoms with Crippen LogP contribution < -0.4 is 0 Å². The van der Waals surface area contributed by atoms with E-state index in [0.717, 1.165) is 32.1 Å². The fourth-order valence-corrected chi connectivity index (χ4v) is 3.12. The minimum atomic E-state index is -7.61. The molecule has 0 heterocycles. The molecule has 2 nitrogen and oxygen atoms in total. The predicted molar refractivity (Wildman–Crippen MR) is 82.1 cm³/mol. The lowest BCUT2D eigenvalue weighted by molar-refractivity contribution is -0.414. The van der Waals surface area contributed by atoms with E-state index >= 15 is 0 Å². The number of hydrogen-bond acceptors (Lipinski definition) is 2. The number of halogens is 12. The number of hydrogen-bond donors (Lipinski definition) is 0. The summed E-state index contributed by atoms with van der Waals surface area (Å²) in [6.07, 6.45) is -0.852. The first-order valence-electron chi connectivity index (χ1n) is 9.24. The average Bonchev–Trinajstić information content (AvgIpc) is 2.66. The molecular weight excluding hydrogens is 464 g/mol. The van der Waals surface area contributed by atoms with E-state index in [1.54, 1.807) is 0 Å². The van der Waals surface area contributed by atoms with Gasteiger partial charge in [-0.1, -0.05) is 32.1 Å². The quantitative estimate of drug-likeness (QED) is 0.240. The first kappa shape index (κ1) is 27.7. The van der Waals surface area contributed by atoms with E-state index in [4.69, 9.17) is 0 Å². The third-order valence-corrected chi connectivity index (χ3v) is 5.07. The molecule has 0 aromatic rings. The van der Waals surface area contributed by atoms with Gasteiger partial charge < -0.3 is 4.74 Å². The largest absolute Gasteiger partial charge is 0.459 e. The molecule has 14 heteroatoms. The number of alkyl halides is 12. The Bertz CT molecular complexity index is 600. The van der Waals surface area contributed by atoms with Gasteiger partial charge in [0, 0.05) is 6.42 Å². The van der Waals surface area contributed by atoms with Gasteiger partial charge in [0.05, 0.1) is 0 Å². The Morgan fingerprint density at radius 1 is 0.806 bits per heavy atom. The highest BCUT2D eigenvalue weighted by Crippen LogP contribution is 2.58. The lowest BCUT2D eigenvalue weighted by atomic mass is 9.86. The molecule has 0 aromatic heterocycles. The molecule has 0 aliphatic heterocycles. The molecule has 1 saturated carbocycles. The maximum absolute atomic E-state index is 13.5. The molecule has 1 aliphatic rings. The zero-order chi connectivity index (χ0) is 24.3. The van der Waals surface area contributed by atoms with E-state index < -0.39 is 55.0 Å². The second-order valence-electron chi connectivity index (χ2n) is 7.41. The van der Waals surface area contributed by atoms with Crippen molar-refractivity contribution in [3.63, 3.8) is 0 Å². The van der Waals surface area contributed by atoms with Gasteiger partial charge in [-0.2, -0.15) is 43.9 Å². The highest BCUT2D eigenvalue weighted by atomic mass is 19.4. The molecule has 0 N–H and O–H groups in total. The molecule has 0 aromatic carbocycles. The van der Waals surface area contributed by atoms with Gasteiger partial charge in [-0.3, -0.25) is 4.79 Å². The summed E-state index contributed by atoms with van der Waals surface area (Å²) >= 11 is 0. The maximum Gasteiger partial charge on any atom is 0.384 e. The van der Waals surface area contributed by atoms with Crippen LogP contribution in [0.4, 0.5) is 52.7 Å². The lowest BCUT2D eigenvalue weighted by Crippen LogP contribution is -2.69. The molecule has 31 heavy (non-hydrogen) atoms. The van der Waals surface area contributed by atoms with E-state index in [0.29, 0.717) is 6.42 Å². The van der Waals surface area contributed by atoms with E-state index in [2.05, 4.69) is 4.74 Å². The summed E-state index contributed by atoms with van der Waals surface area (Å²) in [4.78, 5) is 11.4. The van der Waals surface area contributed by atoms with Crippen molar-refractivity contribution < 1.29 is 62.2 Å². The fraction of sp³-hybridized carbons (Fsp3) is 0.941. The Morgan fingerprint density at radius 3 is 1.81 bits per heavy atom. The van der Waals surface area contributed by atoms with Crippen LogP contribution >= 0.6 is 0 Å². The molecule has 0 bridgehead atoms. The summed E-state index contributed by atoms with van der Waals surface area (Å²) in [6, 6.07) is 0. The highest BCUT2D eigenvalue weighted by molar-refractivity contribution is 5.69. The predicted octanol–water partition coefficient (Wildman–Crippen LogP) is 6.72. The summed E-state index contributed by atoms with van der Waals surface area (Å²) < 4.78 is 160. The van der Waals surface area contributed by atoms with Gasteiger partial charge in [0.1, 0.15) is 0 Å². The van der Waals surface area contributed by atoms with Gasteiger partial charge in [0.15, 0.2) is 6.61 Å². The molecule has 0 atom stereocenters. The van der Waals surface area contributed by atoms with Gasteiger partial charge in [-0.05, 0) is 18.8 Å². The molecule has 0 amide bonds. The first-order valence-corrected chi connectivity index (χ1v) is 9.24. The third-order valence-electron chi connectivity index (χ3n) is 5.07. The summed E-state index contributed by atoms with van der Waals surface area (Å²) in [5.41, 5.74) is 0. The van der Waals surface area contributed by atoms with Crippen molar-refractivity contribution in [2.45, 2.75) is 87.4 Å². The zero-order valence-electron chi connectivity index (χ0n) is 15.9. The van der Waals surface area contributed by atoms with Crippen LogP contribution in [0, 0.1) is 5.92 Å². The van der Waals surface area contributed by atoms with E-state index in [1.807, 2.05) is 0 Å². The first-order chi connectivity index (χ1) is 13.9.